The number of hydrogen-bond donors (Lipinski definition) is 1. The van der Waals surface area contributed by atoms with Gasteiger partial charge >= 0.3 is 0 Å². The van der Waals surface area contributed by atoms with Crippen molar-refractivity contribution in [3.05, 3.63) is 75.1 Å². The van der Waals surface area contributed by atoms with E-state index in [0.717, 1.165) is 22.5 Å². The van der Waals surface area contributed by atoms with Gasteiger partial charge in [0.25, 0.3) is 5.56 Å². The Morgan fingerprint density at radius 3 is 3.00 bits per heavy atom. The van der Waals surface area contributed by atoms with Crippen LogP contribution >= 0.6 is 11.3 Å². The van der Waals surface area contributed by atoms with Gasteiger partial charge in [-0.15, -0.1) is 0 Å². The first kappa shape index (κ1) is 13.0. The van der Waals surface area contributed by atoms with Gasteiger partial charge in [-0.25, -0.2) is 9.50 Å². The van der Waals surface area contributed by atoms with Crippen molar-refractivity contribution >= 4 is 17.0 Å². The standard InChI is InChI=1S/C16H12N4OS/c21-15-8-12(7-11-4-6-22-10-11)19-16-13(9-18-20(15)16)14-3-1-2-5-17-14/h1-6,8-10,18H,7H2. The van der Waals surface area contributed by atoms with Crippen LogP contribution < -0.4 is 5.56 Å². The number of thiophene rings is 1. The Kier molecular flexibility index (Phi) is 3.08. The van der Waals surface area contributed by atoms with Crippen LogP contribution in [-0.4, -0.2) is 19.6 Å². The topological polar surface area (TPSA) is 63.0 Å². The molecule has 6 heteroatoms. The molecule has 0 bridgehead atoms. The Labute approximate surface area is 129 Å². The number of pyridine rings is 1. The third kappa shape index (κ3) is 2.23. The summed E-state index contributed by atoms with van der Waals surface area (Å²) in [5.41, 5.74) is 4.04. The van der Waals surface area contributed by atoms with E-state index in [1.54, 1.807) is 29.8 Å². The minimum atomic E-state index is -0.114. The Balaban J connectivity index is 1.87. The summed E-state index contributed by atoms with van der Waals surface area (Å²) < 4.78 is 1.45. The molecular formula is C16H12N4OS. The normalized spacial score (nSPS) is 11.1. The molecule has 108 valence electrons. The number of aromatic amines is 1. The SMILES string of the molecule is O=c1cc(Cc2ccsc2)nc2c(-c3ccccn3)c[nH]n12. The number of rotatable bonds is 3. The first-order chi connectivity index (χ1) is 10.8. The van der Waals surface area contributed by atoms with Crippen LogP contribution in [0.15, 0.2) is 58.3 Å². The molecule has 0 fully saturated rings. The maximum Gasteiger partial charge on any atom is 0.272 e. The fourth-order valence-corrected chi connectivity index (χ4v) is 3.10. The van der Waals surface area contributed by atoms with Crippen molar-refractivity contribution in [1.29, 1.82) is 0 Å². The highest BCUT2D eigenvalue weighted by molar-refractivity contribution is 7.07. The molecule has 0 aliphatic heterocycles. The first-order valence-electron chi connectivity index (χ1n) is 6.84. The number of aromatic nitrogens is 4. The summed E-state index contributed by atoms with van der Waals surface area (Å²) in [7, 11) is 0. The lowest BCUT2D eigenvalue weighted by Crippen LogP contribution is -2.15. The summed E-state index contributed by atoms with van der Waals surface area (Å²) in [6.07, 6.45) is 4.15. The van der Waals surface area contributed by atoms with Crippen LogP contribution in [0.1, 0.15) is 11.3 Å². The molecule has 0 atom stereocenters. The zero-order chi connectivity index (χ0) is 14.9. The van der Waals surface area contributed by atoms with Gasteiger partial charge in [0.15, 0.2) is 5.65 Å². The van der Waals surface area contributed by atoms with Crippen molar-refractivity contribution < 1.29 is 0 Å². The second-order valence-electron chi connectivity index (χ2n) is 4.96. The molecule has 22 heavy (non-hydrogen) atoms. The molecule has 4 aromatic heterocycles. The van der Waals surface area contributed by atoms with Crippen LogP contribution in [0.25, 0.3) is 16.9 Å². The van der Waals surface area contributed by atoms with Crippen molar-refractivity contribution in [2.24, 2.45) is 0 Å². The molecule has 0 unspecified atom stereocenters. The largest absolute Gasteiger partial charge is 0.296 e. The Bertz CT molecular complexity index is 970. The van der Waals surface area contributed by atoms with Crippen LogP contribution in [0, 0.1) is 0 Å². The van der Waals surface area contributed by atoms with E-state index in [4.69, 9.17) is 0 Å². The first-order valence-corrected chi connectivity index (χ1v) is 7.78. The van der Waals surface area contributed by atoms with E-state index >= 15 is 0 Å². The van der Waals surface area contributed by atoms with Crippen LogP contribution in [0.2, 0.25) is 0 Å². The van der Waals surface area contributed by atoms with E-state index in [0.29, 0.717) is 12.1 Å². The number of H-pyrrole nitrogens is 1. The quantitative estimate of drug-likeness (QED) is 0.633. The third-order valence-electron chi connectivity index (χ3n) is 3.46. The molecule has 5 nitrogen and oxygen atoms in total. The van der Waals surface area contributed by atoms with Crippen molar-refractivity contribution in [2.75, 3.05) is 0 Å². The average Bonchev–Trinajstić information content (AvgIpc) is 3.18. The predicted molar refractivity (Wildman–Crippen MR) is 86.2 cm³/mol. The molecule has 0 aliphatic rings. The van der Waals surface area contributed by atoms with Crippen LogP contribution in [0.5, 0.6) is 0 Å². The smallest absolute Gasteiger partial charge is 0.272 e. The molecule has 4 aromatic rings. The number of nitrogens with one attached hydrogen (secondary N) is 1. The van der Waals surface area contributed by atoms with Gasteiger partial charge in [-0.05, 0) is 34.5 Å². The van der Waals surface area contributed by atoms with Crippen molar-refractivity contribution in [3.63, 3.8) is 0 Å². The summed E-state index contributed by atoms with van der Waals surface area (Å²) in [4.78, 5) is 21.2. The maximum absolute atomic E-state index is 12.2. The van der Waals surface area contributed by atoms with E-state index in [2.05, 4.69) is 20.4 Å². The van der Waals surface area contributed by atoms with E-state index in [1.807, 2.05) is 29.6 Å². The van der Waals surface area contributed by atoms with Gasteiger partial charge in [0.1, 0.15) is 0 Å². The lowest BCUT2D eigenvalue weighted by molar-refractivity contribution is 0.881. The highest BCUT2D eigenvalue weighted by atomic mass is 32.1. The summed E-state index contributed by atoms with van der Waals surface area (Å²) in [5.74, 6) is 0. The predicted octanol–water partition coefficient (Wildman–Crippen LogP) is 2.74. The van der Waals surface area contributed by atoms with Gasteiger partial charge in [0, 0.05) is 24.9 Å². The maximum atomic E-state index is 12.2. The number of nitrogens with zero attached hydrogens (tertiary/aromatic N) is 3. The monoisotopic (exact) mass is 308 g/mol. The van der Waals surface area contributed by atoms with Crippen LogP contribution in [0.4, 0.5) is 0 Å². The molecule has 0 amide bonds. The van der Waals surface area contributed by atoms with Gasteiger partial charge in [-0.2, -0.15) is 11.3 Å². The van der Waals surface area contributed by atoms with Gasteiger partial charge in [-0.3, -0.25) is 14.9 Å². The molecule has 0 spiro atoms. The van der Waals surface area contributed by atoms with Crippen LogP contribution in [0.3, 0.4) is 0 Å². The fraction of sp³-hybridized carbons (Fsp3) is 0.0625. The van der Waals surface area contributed by atoms with E-state index in [9.17, 15) is 4.79 Å². The summed E-state index contributed by atoms with van der Waals surface area (Å²) >= 11 is 1.64. The Morgan fingerprint density at radius 1 is 1.27 bits per heavy atom. The van der Waals surface area contributed by atoms with Crippen molar-refractivity contribution in [1.82, 2.24) is 19.6 Å². The molecular weight excluding hydrogens is 296 g/mol. The minimum Gasteiger partial charge on any atom is -0.296 e. The van der Waals surface area contributed by atoms with E-state index < -0.39 is 0 Å². The molecule has 4 rings (SSSR count). The average molecular weight is 308 g/mol. The van der Waals surface area contributed by atoms with E-state index in [1.165, 1.54) is 4.52 Å². The van der Waals surface area contributed by atoms with Crippen molar-refractivity contribution in [2.45, 2.75) is 6.42 Å². The summed E-state index contributed by atoms with van der Waals surface area (Å²) in [6.45, 7) is 0. The zero-order valence-electron chi connectivity index (χ0n) is 11.6. The van der Waals surface area contributed by atoms with Gasteiger partial charge in [-0.1, -0.05) is 6.07 Å². The molecule has 4 heterocycles. The number of fused-ring (bicyclic) bond motifs is 1. The lowest BCUT2D eigenvalue weighted by Gasteiger charge is -2.01. The molecule has 0 saturated carbocycles. The van der Waals surface area contributed by atoms with Gasteiger partial charge in [0.2, 0.25) is 0 Å². The third-order valence-corrected chi connectivity index (χ3v) is 4.19. The Hall–Kier alpha value is -2.73. The van der Waals surface area contributed by atoms with Gasteiger partial charge < -0.3 is 0 Å². The molecule has 0 saturated heterocycles. The fourth-order valence-electron chi connectivity index (χ4n) is 2.43. The molecule has 0 aromatic carbocycles. The highest BCUT2D eigenvalue weighted by Crippen LogP contribution is 2.20. The number of hydrogen-bond acceptors (Lipinski definition) is 4. The molecule has 0 radical (unpaired) electrons. The summed E-state index contributed by atoms with van der Waals surface area (Å²) in [6, 6.07) is 9.30. The van der Waals surface area contributed by atoms with E-state index in [-0.39, 0.29) is 5.56 Å². The highest BCUT2D eigenvalue weighted by Gasteiger charge is 2.11. The summed E-state index contributed by atoms with van der Waals surface area (Å²) in [5, 5.41) is 7.04. The second-order valence-corrected chi connectivity index (χ2v) is 5.74. The molecule has 1 N–H and O–H groups in total. The minimum absolute atomic E-state index is 0.114. The lowest BCUT2D eigenvalue weighted by atomic mass is 10.2. The molecule has 0 aliphatic carbocycles. The van der Waals surface area contributed by atoms with Crippen molar-refractivity contribution in [3.8, 4) is 11.3 Å². The van der Waals surface area contributed by atoms with Crippen LogP contribution in [-0.2, 0) is 6.42 Å². The zero-order valence-corrected chi connectivity index (χ0v) is 12.4. The Morgan fingerprint density at radius 2 is 2.23 bits per heavy atom. The van der Waals surface area contributed by atoms with Gasteiger partial charge in [0.05, 0.1) is 17.0 Å². The second kappa shape index (κ2) is 5.23.